The van der Waals surface area contributed by atoms with Crippen LogP contribution in [0.5, 0.6) is 5.75 Å². The number of aryl methyl sites for hydroxylation is 1. The molecule has 0 aliphatic rings. The second-order valence-corrected chi connectivity index (χ2v) is 4.99. The van der Waals surface area contributed by atoms with E-state index < -0.39 is 0 Å². The lowest BCUT2D eigenvalue weighted by Gasteiger charge is -2.10. The minimum atomic E-state index is -0.117. The number of carbonyl (C=O) groups excluding carboxylic acids is 1. The minimum absolute atomic E-state index is 0.117. The standard InChI is InChI=1S/C16H18N4O2/c1-19(2)16(21)14-11-20(10-4-9-17)18-15(14)12-5-7-13(22-3)8-6-12/h5-8,11H,4,10H2,1-3H3. The molecule has 1 aromatic heterocycles. The molecule has 0 aliphatic carbocycles. The molecular formula is C16H18N4O2. The molecular weight excluding hydrogens is 280 g/mol. The highest BCUT2D eigenvalue weighted by Gasteiger charge is 2.19. The molecule has 114 valence electrons. The van der Waals surface area contributed by atoms with Crippen LogP contribution in [-0.4, -0.2) is 41.8 Å². The van der Waals surface area contributed by atoms with Crippen LogP contribution in [0.25, 0.3) is 11.3 Å². The Kier molecular flexibility index (Phi) is 4.79. The number of nitrogens with zero attached hydrogens (tertiary/aromatic N) is 4. The molecule has 6 nitrogen and oxygen atoms in total. The number of carbonyl (C=O) groups is 1. The highest BCUT2D eigenvalue weighted by Crippen LogP contribution is 2.25. The van der Waals surface area contributed by atoms with E-state index in [-0.39, 0.29) is 5.91 Å². The maximum Gasteiger partial charge on any atom is 0.257 e. The van der Waals surface area contributed by atoms with Gasteiger partial charge in [0.25, 0.3) is 5.91 Å². The Balaban J connectivity index is 2.44. The SMILES string of the molecule is COc1ccc(-c2nn(CCC#N)cc2C(=O)N(C)C)cc1. The monoisotopic (exact) mass is 298 g/mol. The largest absolute Gasteiger partial charge is 0.497 e. The van der Waals surface area contributed by atoms with Crippen molar-refractivity contribution >= 4 is 5.91 Å². The summed E-state index contributed by atoms with van der Waals surface area (Å²) in [6.45, 7) is 0.459. The fraction of sp³-hybridized carbons (Fsp3) is 0.312. The van der Waals surface area contributed by atoms with E-state index in [0.29, 0.717) is 24.2 Å². The van der Waals surface area contributed by atoms with Gasteiger partial charge >= 0.3 is 0 Å². The highest BCUT2D eigenvalue weighted by molar-refractivity contribution is 5.99. The Hall–Kier alpha value is -2.81. The Labute approximate surface area is 129 Å². The number of ether oxygens (including phenoxy) is 1. The summed E-state index contributed by atoms with van der Waals surface area (Å²) < 4.78 is 6.78. The van der Waals surface area contributed by atoms with Crippen LogP contribution in [0.15, 0.2) is 30.5 Å². The van der Waals surface area contributed by atoms with Gasteiger partial charge in [-0.2, -0.15) is 10.4 Å². The third kappa shape index (κ3) is 3.26. The fourth-order valence-electron chi connectivity index (χ4n) is 2.06. The van der Waals surface area contributed by atoms with Crippen molar-refractivity contribution in [2.45, 2.75) is 13.0 Å². The summed E-state index contributed by atoms with van der Waals surface area (Å²) in [5, 5.41) is 13.1. The molecule has 1 aromatic carbocycles. The van der Waals surface area contributed by atoms with E-state index in [4.69, 9.17) is 10.00 Å². The Bertz CT molecular complexity index is 696. The second-order valence-electron chi connectivity index (χ2n) is 4.99. The second kappa shape index (κ2) is 6.76. The third-order valence-electron chi connectivity index (χ3n) is 3.21. The van der Waals surface area contributed by atoms with Gasteiger partial charge in [0, 0.05) is 25.9 Å². The molecule has 0 fully saturated rings. The summed E-state index contributed by atoms with van der Waals surface area (Å²) >= 11 is 0. The van der Waals surface area contributed by atoms with Gasteiger partial charge in [-0.1, -0.05) is 0 Å². The number of amides is 1. The summed E-state index contributed by atoms with van der Waals surface area (Å²) in [5.41, 5.74) is 1.97. The van der Waals surface area contributed by atoms with E-state index in [1.165, 1.54) is 4.90 Å². The van der Waals surface area contributed by atoms with Crippen molar-refractivity contribution in [1.29, 1.82) is 5.26 Å². The summed E-state index contributed by atoms with van der Waals surface area (Å²) in [5.74, 6) is 0.627. The highest BCUT2D eigenvalue weighted by atomic mass is 16.5. The van der Waals surface area contributed by atoms with Gasteiger partial charge in [-0.05, 0) is 24.3 Å². The average Bonchev–Trinajstić information content (AvgIpc) is 2.96. The number of hydrogen-bond donors (Lipinski definition) is 0. The lowest BCUT2D eigenvalue weighted by Crippen LogP contribution is -2.21. The summed E-state index contributed by atoms with van der Waals surface area (Å²) in [7, 11) is 5.01. The first kappa shape index (κ1) is 15.6. The summed E-state index contributed by atoms with van der Waals surface area (Å²) in [6.07, 6.45) is 2.04. The van der Waals surface area contributed by atoms with Crippen LogP contribution in [0, 0.1) is 11.3 Å². The molecule has 0 atom stereocenters. The van der Waals surface area contributed by atoms with Crippen molar-refractivity contribution in [3.8, 4) is 23.1 Å². The summed E-state index contributed by atoms with van der Waals surface area (Å²) in [4.78, 5) is 13.8. The van der Waals surface area contributed by atoms with Crippen LogP contribution < -0.4 is 4.74 Å². The van der Waals surface area contributed by atoms with Crippen LogP contribution in [0.2, 0.25) is 0 Å². The van der Waals surface area contributed by atoms with Crippen LogP contribution in [-0.2, 0) is 6.54 Å². The maximum atomic E-state index is 12.3. The Morgan fingerprint density at radius 1 is 1.36 bits per heavy atom. The van der Waals surface area contributed by atoms with E-state index in [0.717, 1.165) is 11.3 Å². The number of rotatable bonds is 5. The zero-order valence-electron chi connectivity index (χ0n) is 12.9. The van der Waals surface area contributed by atoms with E-state index >= 15 is 0 Å². The van der Waals surface area contributed by atoms with Gasteiger partial charge in [0.05, 0.1) is 31.7 Å². The molecule has 1 heterocycles. The van der Waals surface area contributed by atoms with Crippen molar-refractivity contribution in [2.24, 2.45) is 0 Å². The van der Waals surface area contributed by atoms with Crippen LogP contribution in [0.3, 0.4) is 0 Å². The first-order valence-electron chi connectivity index (χ1n) is 6.87. The molecule has 0 saturated carbocycles. The number of hydrogen-bond acceptors (Lipinski definition) is 4. The topological polar surface area (TPSA) is 71.1 Å². The predicted octanol–water partition coefficient (Wildman–Crippen LogP) is 2.17. The normalized spacial score (nSPS) is 10.1. The molecule has 0 bridgehead atoms. The van der Waals surface area contributed by atoms with Gasteiger partial charge in [0.2, 0.25) is 0 Å². The molecule has 0 N–H and O–H groups in total. The van der Waals surface area contributed by atoms with Gasteiger partial charge in [-0.3, -0.25) is 9.48 Å². The van der Waals surface area contributed by atoms with Gasteiger partial charge in [-0.25, -0.2) is 0 Å². The van der Waals surface area contributed by atoms with Crippen LogP contribution in [0.1, 0.15) is 16.8 Å². The van der Waals surface area contributed by atoms with Crippen molar-refractivity contribution in [3.63, 3.8) is 0 Å². The molecule has 0 radical (unpaired) electrons. The van der Waals surface area contributed by atoms with Crippen molar-refractivity contribution in [2.75, 3.05) is 21.2 Å². The van der Waals surface area contributed by atoms with E-state index in [1.54, 1.807) is 32.1 Å². The quantitative estimate of drug-likeness (QED) is 0.848. The van der Waals surface area contributed by atoms with Crippen molar-refractivity contribution in [3.05, 3.63) is 36.0 Å². The molecule has 2 aromatic rings. The Morgan fingerprint density at radius 3 is 2.59 bits per heavy atom. The fourth-order valence-corrected chi connectivity index (χ4v) is 2.06. The lowest BCUT2D eigenvalue weighted by molar-refractivity contribution is 0.0828. The van der Waals surface area contributed by atoms with Gasteiger partial charge in [0.15, 0.2) is 0 Å². The van der Waals surface area contributed by atoms with Gasteiger partial charge < -0.3 is 9.64 Å². The molecule has 0 spiro atoms. The molecule has 22 heavy (non-hydrogen) atoms. The minimum Gasteiger partial charge on any atom is -0.497 e. The average molecular weight is 298 g/mol. The van der Waals surface area contributed by atoms with Crippen LogP contribution in [0.4, 0.5) is 0 Å². The van der Waals surface area contributed by atoms with E-state index in [1.807, 2.05) is 24.3 Å². The van der Waals surface area contributed by atoms with Gasteiger partial charge in [0.1, 0.15) is 11.4 Å². The van der Waals surface area contributed by atoms with Crippen LogP contribution >= 0.6 is 0 Å². The molecule has 1 amide bonds. The summed E-state index contributed by atoms with van der Waals surface area (Å²) in [6, 6.07) is 9.46. The smallest absolute Gasteiger partial charge is 0.257 e. The molecule has 0 aliphatic heterocycles. The number of aromatic nitrogens is 2. The zero-order valence-corrected chi connectivity index (χ0v) is 12.9. The Morgan fingerprint density at radius 2 is 2.05 bits per heavy atom. The van der Waals surface area contributed by atoms with E-state index in [9.17, 15) is 4.79 Å². The number of benzene rings is 1. The third-order valence-corrected chi connectivity index (χ3v) is 3.21. The number of nitriles is 1. The molecule has 2 rings (SSSR count). The van der Waals surface area contributed by atoms with E-state index in [2.05, 4.69) is 11.2 Å². The first-order chi connectivity index (χ1) is 10.6. The molecule has 0 unspecified atom stereocenters. The first-order valence-corrected chi connectivity index (χ1v) is 6.87. The molecule has 0 saturated heterocycles. The lowest BCUT2D eigenvalue weighted by atomic mass is 10.1. The zero-order chi connectivity index (χ0) is 16.1. The number of methoxy groups -OCH3 is 1. The van der Waals surface area contributed by atoms with Gasteiger partial charge in [-0.15, -0.1) is 0 Å². The van der Waals surface area contributed by atoms with Crippen molar-refractivity contribution < 1.29 is 9.53 Å². The maximum absolute atomic E-state index is 12.3. The van der Waals surface area contributed by atoms with Crippen molar-refractivity contribution in [1.82, 2.24) is 14.7 Å². The molecule has 6 heteroatoms. The predicted molar refractivity (Wildman–Crippen MR) is 82.5 cm³/mol.